The van der Waals surface area contributed by atoms with Gasteiger partial charge in [0, 0.05) is 5.56 Å². The quantitative estimate of drug-likeness (QED) is 0.446. The first-order valence-electron chi connectivity index (χ1n) is 8.89. The first-order valence-corrected chi connectivity index (χ1v) is 9.26. The summed E-state index contributed by atoms with van der Waals surface area (Å²) in [5.74, 6) is 0.00308. The highest BCUT2D eigenvalue weighted by atomic mass is 35.5. The molecule has 9 heteroatoms. The number of halogens is 3. The van der Waals surface area contributed by atoms with Crippen LogP contribution in [-0.4, -0.2) is 31.7 Å². The SMILES string of the molecule is COc1cc(/C=C2\N=C(c3cccc(OC(F)F)c3)OC2=O)cc(Cl)c1OC(C)C. The molecule has 0 atom stereocenters. The summed E-state index contributed by atoms with van der Waals surface area (Å²) >= 11 is 6.30. The van der Waals surface area contributed by atoms with Crippen molar-refractivity contribution in [2.75, 3.05) is 7.11 Å². The maximum atomic E-state index is 12.4. The van der Waals surface area contributed by atoms with Gasteiger partial charge in [0.25, 0.3) is 0 Å². The predicted octanol–water partition coefficient (Wildman–Crippen LogP) is 5.08. The molecule has 0 N–H and O–H groups in total. The van der Waals surface area contributed by atoms with Crippen LogP contribution in [0.25, 0.3) is 6.08 Å². The van der Waals surface area contributed by atoms with E-state index >= 15 is 0 Å². The zero-order chi connectivity index (χ0) is 21.8. The minimum absolute atomic E-state index is 0.0147. The minimum atomic E-state index is -2.97. The number of esters is 1. The Labute approximate surface area is 176 Å². The number of alkyl halides is 2. The Bertz CT molecular complexity index is 1020. The highest BCUT2D eigenvalue weighted by Gasteiger charge is 2.25. The molecule has 6 nitrogen and oxygen atoms in total. The number of ether oxygens (including phenoxy) is 4. The fourth-order valence-electron chi connectivity index (χ4n) is 2.67. The van der Waals surface area contributed by atoms with Crippen LogP contribution in [0, 0.1) is 0 Å². The molecule has 30 heavy (non-hydrogen) atoms. The Morgan fingerprint density at radius 3 is 2.60 bits per heavy atom. The summed E-state index contributed by atoms with van der Waals surface area (Å²) in [7, 11) is 1.48. The van der Waals surface area contributed by atoms with Crippen molar-refractivity contribution in [1.29, 1.82) is 0 Å². The van der Waals surface area contributed by atoms with Crippen molar-refractivity contribution in [1.82, 2.24) is 0 Å². The van der Waals surface area contributed by atoms with Gasteiger partial charge < -0.3 is 18.9 Å². The molecule has 0 radical (unpaired) electrons. The van der Waals surface area contributed by atoms with Crippen LogP contribution in [0.2, 0.25) is 5.02 Å². The van der Waals surface area contributed by atoms with E-state index in [4.69, 9.17) is 25.8 Å². The Morgan fingerprint density at radius 1 is 1.17 bits per heavy atom. The van der Waals surface area contributed by atoms with Crippen LogP contribution < -0.4 is 14.2 Å². The van der Waals surface area contributed by atoms with Crippen LogP contribution in [0.5, 0.6) is 17.2 Å². The molecule has 2 aromatic rings. The fraction of sp³-hybridized carbons (Fsp3) is 0.238. The molecule has 0 bridgehead atoms. The lowest BCUT2D eigenvalue weighted by Crippen LogP contribution is -2.07. The number of carbonyl (C=O) groups is 1. The van der Waals surface area contributed by atoms with E-state index in [1.165, 1.54) is 31.4 Å². The molecule has 158 valence electrons. The van der Waals surface area contributed by atoms with Crippen LogP contribution in [0.4, 0.5) is 8.78 Å². The number of rotatable bonds is 7. The number of methoxy groups -OCH3 is 1. The molecule has 0 aliphatic carbocycles. The number of hydrogen-bond donors (Lipinski definition) is 0. The number of nitrogens with zero attached hydrogens (tertiary/aromatic N) is 1. The lowest BCUT2D eigenvalue weighted by molar-refractivity contribution is -0.129. The van der Waals surface area contributed by atoms with Crippen molar-refractivity contribution in [3.63, 3.8) is 0 Å². The third-order valence-electron chi connectivity index (χ3n) is 3.84. The summed E-state index contributed by atoms with van der Waals surface area (Å²) in [6.45, 7) is 0.751. The van der Waals surface area contributed by atoms with Crippen molar-refractivity contribution >= 4 is 29.5 Å². The molecule has 1 aliphatic rings. The van der Waals surface area contributed by atoms with E-state index in [9.17, 15) is 13.6 Å². The lowest BCUT2D eigenvalue weighted by Gasteiger charge is -2.15. The number of benzene rings is 2. The van der Waals surface area contributed by atoms with Gasteiger partial charge in [-0.15, -0.1) is 0 Å². The average Bonchev–Trinajstić information content (AvgIpc) is 3.03. The van der Waals surface area contributed by atoms with E-state index in [2.05, 4.69) is 9.73 Å². The monoisotopic (exact) mass is 437 g/mol. The molecular weight excluding hydrogens is 420 g/mol. The second-order valence-corrected chi connectivity index (χ2v) is 6.85. The molecular formula is C21H18ClF2NO5. The van der Waals surface area contributed by atoms with E-state index in [1.54, 1.807) is 18.2 Å². The van der Waals surface area contributed by atoms with Gasteiger partial charge in [0.1, 0.15) is 5.75 Å². The highest BCUT2D eigenvalue weighted by Crippen LogP contribution is 2.38. The van der Waals surface area contributed by atoms with Crippen molar-refractivity contribution < 1.29 is 32.5 Å². The van der Waals surface area contributed by atoms with Crippen molar-refractivity contribution in [2.45, 2.75) is 26.6 Å². The summed E-state index contributed by atoms with van der Waals surface area (Å²) in [6.07, 6.45) is 1.37. The molecule has 1 heterocycles. The molecule has 0 saturated heterocycles. The maximum absolute atomic E-state index is 12.4. The standard InChI is InChI=1S/C21H18ClF2NO5/c1-11(2)28-18-15(22)7-12(9-17(18)27-3)8-16-20(26)30-19(25-16)13-5-4-6-14(10-13)29-21(23)24/h4-11,21H,1-3H3/b16-8-. The molecule has 0 spiro atoms. The summed E-state index contributed by atoms with van der Waals surface area (Å²) in [5.41, 5.74) is 0.877. The van der Waals surface area contributed by atoms with Crippen LogP contribution in [0.15, 0.2) is 47.1 Å². The molecule has 0 saturated carbocycles. The maximum Gasteiger partial charge on any atom is 0.387 e. The minimum Gasteiger partial charge on any atom is -0.493 e. The Balaban J connectivity index is 1.92. The molecule has 2 aromatic carbocycles. The van der Waals surface area contributed by atoms with Crippen LogP contribution in [0.1, 0.15) is 25.0 Å². The lowest BCUT2D eigenvalue weighted by atomic mass is 10.1. The van der Waals surface area contributed by atoms with Gasteiger partial charge in [0.15, 0.2) is 17.2 Å². The van der Waals surface area contributed by atoms with E-state index in [-0.39, 0.29) is 23.4 Å². The molecule has 0 amide bonds. The van der Waals surface area contributed by atoms with Crippen LogP contribution in [-0.2, 0) is 9.53 Å². The number of hydrogen-bond acceptors (Lipinski definition) is 6. The van der Waals surface area contributed by atoms with Gasteiger partial charge in [0.05, 0.1) is 18.2 Å². The molecule has 0 fully saturated rings. The predicted molar refractivity (Wildman–Crippen MR) is 107 cm³/mol. The second kappa shape index (κ2) is 9.13. The van der Waals surface area contributed by atoms with Gasteiger partial charge in [-0.2, -0.15) is 8.78 Å². The number of aliphatic imine (C=N–C) groups is 1. The smallest absolute Gasteiger partial charge is 0.387 e. The van der Waals surface area contributed by atoms with Gasteiger partial charge in [0.2, 0.25) is 5.90 Å². The number of cyclic esters (lactones) is 1. The van der Waals surface area contributed by atoms with Crippen molar-refractivity contribution in [3.8, 4) is 17.2 Å². The zero-order valence-electron chi connectivity index (χ0n) is 16.3. The summed E-state index contributed by atoms with van der Waals surface area (Å²) in [4.78, 5) is 16.4. The van der Waals surface area contributed by atoms with Gasteiger partial charge in [-0.05, 0) is 55.8 Å². The molecule has 0 unspecified atom stereocenters. The second-order valence-electron chi connectivity index (χ2n) is 6.44. The largest absolute Gasteiger partial charge is 0.493 e. The Kier molecular flexibility index (Phi) is 6.56. The summed E-state index contributed by atoms with van der Waals surface area (Å²) in [5, 5.41) is 0.308. The van der Waals surface area contributed by atoms with Gasteiger partial charge in [-0.25, -0.2) is 9.79 Å². The van der Waals surface area contributed by atoms with E-state index in [0.717, 1.165) is 0 Å². The molecule has 0 aromatic heterocycles. The molecule has 1 aliphatic heterocycles. The van der Waals surface area contributed by atoms with Gasteiger partial charge >= 0.3 is 12.6 Å². The van der Waals surface area contributed by atoms with Crippen molar-refractivity contribution in [3.05, 3.63) is 58.2 Å². The van der Waals surface area contributed by atoms with Gasteiger partial charge in [-0.3, -0.25) is 0 Å². The summed E-state index contributed by atoms with van der Waals surface area (Å²) < 4.78 is 45.3. The Hall–Kier alpha value is -3.13. The van der Waals surface area contributed by atoms with Gasteiger partial charge in [-0.1, -0.05) is 17.7 Å². The van der Waals surface area contributed by atoms with Crippen LogP contribution >= 0.6 is 11.6 Å². The average molecular weight is 438 g/mol. The zero-order valence-corrected chi connectivity index (χ0v) is 17.1. The van der Waals surface area contributed by atoms with E-state index < -0.39 is 12.6 Å². The summed E-state index contributed by atoms with van der Waals surface area (Å²) in [6, 6.07) is 8.97. The first-order chi connectivity index (χ1) is 14.3. The number of carbonyl (C=O) groups excluding carboxylic acids is 1. The van der Waals surface area contributed by atoms with E-state index in [0.29, 0.717) is 27.6 Å². The fourth-order valence-corrected chi connectivity index (χ4v) is 2.93. The topological polar surface area (TPSA) is 66.3 Å². The van der Waals surface area contributed by atoms with Crippen molar-refractivity contribution in [2.24, 2.45) is 4.99 Å². The third-order valence-corrected chi connectivity index (χ3v) is 4.12. The highest BCUT2D eigenvalue weighted by molar-refractivity contribution is 6.32. The molecule has 3 rings (SSSR count). The van der Waals surface area contributed by atoms with Crippen LogP contribution in [0.3, 0.4) is 0 Å². The normalized spacial score (nSPS) is 14.9. The first kappa shape index (κ1) is 21.6. The third kappa shape index (κ3) is 5.07. The van der Waals surface area contributed by atoms with E-state index in [1.807, 2.05) is 13.8 Å². The Morgan fingerprint density at radius 2 is 1.93 bits per heavy atom.